The zero-order chi connectivity index (χ0) is 12.8. The molecule has 96 valence electrons. The first kappa shape index (κ1) is 14.2. The average molecular weight is 256 g/mol. The number of carbonyl (C=O) groups is 1. The molecule has 1 rings (SSSR count). The fraction of sp³-hybridized carbons (Fsp3) is 0.583. The van der Waals surface area contributed by atoms with Gasteiger partial charge in [-0.1, -0.05) is 6.07 Å². The quantitative estimate of drug-likeness (QED) is 0.838. The Kier molecular flexibility index (Phi) is 5.61. The molecule has 17 heavy (non-hydrogen) atoms. The SMILES string of the molecule is COCC(N)C(=O)N(Cc1cccs1)C(C)C. The number of carbonyl (C=O) groups excluding carboxylic acids is 1. The zero-order valence-electron chi connectivity index (χ0n) is 10.6. The van der Waals surface area contributed by atoms with Crippen molar-refractivity contribution in [3.05, 3.63) is 22.4 Å². The normalized spacial score (nSPS) is 12.8. The minimum Gasteiger partial charge on any atom is -0.383 e. The van der Waals surface area contributed by atoms with Gasteiger partial charge in [0.2, 0.25) is 5.91 Å². The van der Waals surface area contributed by atoms with Gasteiger partial charge in [0.1, 0.15) is 6.04 Å². The maximum Gasteiger partial charge on any atom is 0.242 e. The first-order valence-corrected chi connectivity index (χ1v) is 6.51. The molecule has 1 amide bonds. The van der Waals surface area contributed by atoms with Gasteiger partial charge in [-0.15, -0.1) is 11.3 Å². The Morgan fingerprint density at radius 2 is 2.29 bits per heavy atom. The molecule has 5 heteroatoms. The standard InChI is InChI=1S/C12H20N2O2S/c1-9(2)14(7-10-5-4-6-17-10)12(15)11(13)8-16-3/h4-6,9,11H,7-8,13H2,1-3H3. The fourth-order valence-electron chi connectivity index (χ4n) is 1.55. The van der Waals surface area contributed by atoms with Gasteiger partial charge in [-0.3, -0.25) is 4.79 Å². The second kappa shape index (κ2) is 6.74. The van der Waals surface area contributed by atoms with Crippen LogP contribution in [0.4, 0.5) is 0 Å². The highest BCUT2D eigenvalue weighted by Gasteiger charge is 2.23. The van der Waals surface area contributed by atoms with Crippen molar-refractivity contribution < 1.29 is 9.53 Å². The van der Waals surface area contributed by atoms with E-state index in [1.165, 1.54) is 0 Å². The summed E-state index contributed by atoms with van der Waals surface area (Å²) in [5, 5.41) is 2.01. The van der Waals surface area contributed by atoms with E-state index in [-0.39, 0.29) is 18.6 Å². The minimum absolute atomic E-state index is 0.0600. The number of hydrogen-bond donors (Lipinski definition) is 1. The lowest BCUT2D eigenvalue weighted by atomic mass is 10.2. The van der Waals surface area contributed by atoms with Crippen molar-refractivity contribution in [2.45, 2.75) is 32.5 Å². The van der Waals surface area contributed by atoms with Crippen LogP contribution in [-0.4, -0.2) is 36.6 Å². The summed E-state index contributed by atoms with van der Waals surface area (Å²) in [5.41, 5.74) is 5.78. The van der Waals surface area contributed by atoms with Crippen LogP contribution in [0.5, 0.6) is 0 Å². The number of ether oxygens (including phenoxy) is 1. The Hall–Kier alpha value is -0.910. The van der Waals surface area contributed by atoms with Crippen LogP contribution in [0.25, 0.3) is 0 Å². The number of amides is 1. The molecule has 0 saturated heterocycles. The molecule has 1 atom stereocenters. The molecule has 0 fully saturated rings. The molecule has 1 unspecified atom stereocenters. The fourth-order valence-corrected chi connectivity index (χ4v) is 2.25. The maximum atomic E-state index is 12.1. The van der Waals surface area contributed by atoms with Gasteiger partial charge in [-0.2, -0.15) is 0 Å². The van der Waals surface area contributed by atoms with Crippen LogP contribution in [0.15, 0.2) is 17.5 Å². The van der Waals surface area contributed by atoms with E-state index in [0.717, 1.165) is 4.88 Å². The highest BCUT2D eigenvalue weighted by Crippen LogP contribution is 2.14. The summed E-state index contributed by atoms with van der Waals surface area (Å²) < 4.78 is 4.92. The molecule has 0 aliphatic rings. The Balaban J connectivity index is 2.68. The molecule has 1 aromatic heterocycles. The van der Waals surface area contributed by atoms with Crippen LogP contribution < -0.4 is 5.73 Å². The summed E-state index contributed by atoms with van der Waals surface area (Å²) in [6.07, 6.45) is 0. The van der Waals surface area contributed by atoms with Crippen LogP contribution in [0.3, 0.4) is 0 Å². The average Bonchev–Trinajstić information content (AvgIpc) is 2.77. The molecule has 0 spiro atoms. The third kappa shape index (κ3) is 4.11. The lowest BCUT2D eigenvalue weighted by Crippen LogP contribution is -2.48. The summed E-state index contributed by atoms with van der Waals surface area (Å²) in [6.45, 7) is 4.86. The van der Waals surface area contributed by atoms with Crippen LogP contribution >= 0.6 is 11.3 Å². The molecule has 0 saturated carbocycles. The summed E-state index contributed by atoms with van der Waals surface area (Å²) in [6, 6.07) is 3.56. The zero-order valence-corrected chi connectivity index (χ0v) is 11.4. The van der Waals surface area contributed by atoms with E-state index < -0.39 is 6.04 Å². The number of hydrogen-bond acceptors (Lipinski definition) is 4. The third-order valence-corrected chi connectivity index (χ3v) is 3.34. The molecule has 0 aliphatic carbocycles. The van der Waals surface area contributed by atoms with Crippen molar-refractivity contribution in [3.63, 3.8) is 0 Å². The Labute approximate surface area is 106 Å². The van der Waals surface area contributed by atoms with Crippen LogP contribution in [0, 0.1) is 0 Å². The molecule has 4 nitrogen and oxygen atoms in total. The van der Waals surface area contributed by atoms with E-state index >= 15 is 0 Å². The predicted molar refractivity (Wildman–Crippen MR) is 69.9 cm³/mol. The highest BCUT2D eigenvalue weighted by molar-refractivity contribution is 7.09. The molecule has 1 aromatic rings. The molecule has 0 bridgehead atoms. The smallest absolute Gasteiger partial charge is 0.242 e. The Morgan fingerprint density at radius 3 is 2.76 bits per heavy atom. The topological polar surface area (TPSA) is 55.6 Å². The van der Waals surface area contributed by atoms with E-state index in [0.29, 0.717) is 6.54 Å². The van der Waals surface area contributed by atoms with Crippen molar-refractivity contribution in [2.75, 3.05) is 13.7 Å². The van der Waals surface area contributed by atoms with Crippen molar-refractivity contribution in [1.29, 1.82) is 0 Å². The van der Waals surface area contributed by atoms with Crippen molar-refractivity contribution in [3.8, 4) is 0 Å². The van der Waals surface area contributed by atoms with Crippen LogP contribution in [-0.2, 0) is 16.1 Å². The monoisotopic (exact) mass is 256 g/mol. The second-order valence-corrected chi connectivity index (χ2v) is 5.23. The van der Waals surface area contributed by atoms with Gasteiger partial charge in [-0.05, 0) is 25.3 Å². The van der Waals surface area contributed by atoms with Crippen LogP contribution in [0.2, 0.25) is 0 Å². The first-order valence-electron chi connectivity index (χ1n) is 5.63. The molecular weight excluding hydrogens is 236 g/mol. The molecule has 0 radical (unpaired) electrons. The number of thiophene rings is 1. The van der Waals surface area contributed by atoms with Gasteiger partial charge in [0.15, 0.2) is 0 Å². The Bertz CT molecular complexity index is 338. The third-order valence-electron chi connectivity index (χ3n) is 2.48. The summed E-state index contributed by atoms with van der Waals surface area (Å²) >= 11 is 1.65. The van der Waals surface area contributed by atoms with Gasteiger partial charge in [0, 0.05) is 18.0 Å². The predicted octanol–water partition coefficient (Wildman–Crippen LogP) is 1.46. The van der Waals surface area contributed by atoms with E-state index in [1.807, 2.05) is 31.4 Å². The van der Waals surface area contributed by atoms with E-state index in [4.69, 9.17) is 10.5 Å². The van der Waals surface area contributed by atoms with Gasteiger partial charge >= 0.3 is 0 Å². The lowest BCUT2D eigenvalue weighted by molar-refractivity contribution is -0.136. The lowest BCUT2D eigenvalue weighted by Gasteiger charge is -2.28. The molecule has 0 aromatic carbocycles. The minimum atomic E-state index is -0.581. The van der Waals surface area contributed by atoms with Gasteiger partial charge in [0.05, 0.1) is 13.2 Å². The van der Waals surface area contributed by atoms with Crippen LogP contribution in [0.1, 0.15) is 18.7 Å². The number of methoxy groups -OCH3 is 1. The first-order chi connectivity index (χ1) is 8.06. The molecule has 0 aliphatic heterocycles. The van der Waals surface area contributed by atoms with Gasteiger partial charge < -0.3 is 15.4 Å². The molecular formula is C12H20N2O2S. The van der Waals surface area contributed by atoms with Crippen molar-refractivity contribution >= 4 is 17.2 Å². The molecule has 1 heterocycles. The van der Waals surface area contributed by atoms with Crippen molar-refractivity contribution in [1.82, 2.24) is 4.90 Å². The molecule has 2 N–H and O–H groups in total. The van der Waals surface area contributed by atoms with Crippen molar-refractivity contribution in [2.24, 2.45) is 5.73 Å². The number of rotatable bonds is 6. The summed E-state index contributed by atoms with van der Waals surface area (Å²) in [4.78, 5) is 15.1. The van der Waals surface area contributed by atoms with E-state index in [1.54, 1.807) is 23.3 Å². The van der Waals surface area contributed by atoms with Gasteiger partial charge in [0.25, 0.3) is 0 Å². The van der Waals surface area contributed by atoms with Gasteiger partial charge in [-0.25, -0.2) is 0 Å². The largest absolute Gasteiger partial charge is 0.383 e. The number of nitrogens with two attached hydrogens (primary N) is 1. The summed E-state index contributed by atoms with van der Waals surface area (Å²) in [5.74, 6) is -0.0600. The second-order valence-electron chi connectivity index (χ2n) is 4.20. The highest BCUT2D eigenvalue weighted by atomic mass is 32.1. The van der Waals surface area contributed by atoms with E-state index in [9.17, 15) is 4.79 Å². The Morgan fingerprint density at radius 1 is 1.59 bits per heavy atom. The summed E-state index contributed by atoms with van der Waals surface area (Å²) in [7, 11) is 1.55. The number of nitrogens with zero attached hydrogens (tertiary/aromatic N) is 1. The van der Waals surface area contributed by atoms with E-state index in [2.05, 4.69) is 0 Å². The maximum absolute atomic E-state index is 12.1.